The molecule has 1 nitrogen and oxygen atoms in total. The Morgan fingerprint density at radius 1 is 1.46 bits per heavy atom. The van der Waals surface area contributed by atoms with Gasteiger partial charge in [0.25, 0.3) is 0 Å². The van der Waals surface area contributed by atoms with E-state index in [0.29, 0.717) is 11.3 Å². The van der Waals surface area contributed by atoms with Gasteiger partial charge in [0.05, 0.1) is 0 Å². The highest BCUT2D eigenvalue weighted by Gasteiger charge is 2.10. The lowest BCUT2D eigenvalue weighted by Crippen LogP contribution is -2.01. The van der Waals surface area contributed by atoms with E-state index in [0.717, 1.165) is 5.56 Å². The first kappa shape index (κ1) is 9.60. The van der Waals surface area contributed by atoms with Crippen molar-refractivity contribution in [2.45, 2.75) is 19.8 Å². The van der Waals surface area contributed by atoms with Crippen LogP contribution >= 0.6 is 0 Å². The highest BCUT2D eigenvalue weighted by atomic mass is 19.1. The van der Waals surface area contributed by atoms with Crippen molar-refractivity contribution < 1.29 is 4.39 Å². The van der Waals surface area contributed by atoms with Crippen molar-refractivity contribution in [3.05, 3.63) is 29.1 Å². The third-order valence-electron chi connectivity index (χ3n) is 1.91. The second kappa shape index (κ2) is 3.49. The lowest BCUT2D eigenvalue weighted by atomic mass is 9.95. The van der Waals surface area contributed by atoms with Crippen molar-refractivity contribution in [2.75, 3.05) is 5.73 Å². The van der Waals surface area contributed by atoms with Gasteiger partial charge in [-0.1, -0.05) is 19.8 Å². The Morgan fingerprint density at radius 3 is 2.54 bits per heavy atom. The maximum Gasteiger partial charge on any atom is 0.126 e. The van der Waals surface area contributed by atoms with Crippen LogP contribution in [0.1, 0.15) is 30.9 Å². The zero-order valence-corrected chi connectivity index (χ0v) is 7.76. The third kappa shape index (κ3) is 1.81. The molecular formula is C11H12FN. The molecule has 0 aliphatic rings. The molecule has 0 saturated heterocycles. The van der Waals surface area contributed by atoms with Crippen molar-refractivity contribution in [1.82, 2.24) is 0 Å². The van der Waals surface area contributed by atoms with E-state index in [2.05, 4.69) is 5.92 Å². The quantitative estimate of drug-likeness (QED) is 0.517. The van der Waals surface area contributed by atoms with E-state index in [9.17, 15) is 4.39 Å². The van der Waals surface area contributed by atoms with Crippen molar-refractivity contribution in [2.24, 2.45) is 0 Å². The molecule has 0 heterocycles. The first-order valence-corrected chi connectivity index (χ1v) is 4.11. The number of rotatable bonds is 1. The number of benzene rings is 1. The standard InChI is InChI=1S/C11H12FN/c1-4-8-5-9(12)6-10(13)11(8)7(2)3/h1,5-7H,13H2,2-3H3. The Hall–Kier alpha value is -1.49. The predicted molar refractivity (Wildman–Crippen MR) is 52.8 cm³/mol. The highest BCUT2D eigenvalue weighted by Crippen LogP contribution is 2.26. The summed E-state index contributed by atoms with van der Waals surface area (Å²) in [4.78, 5) is 0. The number of halogens is 1. The summed E-state index contributed by atoms with van der Waals surface area (Å²) >= 11 is 0. The fraction of sp³-hybridized carbons (Fsp3) is 0.273. The van der Waals surface area contributed by atoms with Crippen LogP contribution in [0.2, 0.25) is 0 Å². The van der Waals surface area contributed by atoms with E-state index in [1.54, 1.807) is 0 Å². The van der Waals surface area contributed by atoms with Gasteiger partial charge in [0, 0.05) is 11.3 Å². The zero-order valence-electron chi connectivity index (χ0n) is 7.76. The molecule has 0 aliphatic heterocycles. The second-order valence-electron chi connectivity index (χ2n) is 3.26. The zero-order chi connectivity index (χ0) is 10.0. The Bertz CT molecular complexity index is 361. The van der Waals surface area contributed by atoms with Gasteiger partial charge >= 0.3 is 0 Å². The van der Waals surface area contributed by atoms with Gasteiger partial charge in [-0.2, -0.15) is 0 Å². The van der Waals surface area contributed by atoms with Gasteiger partial charge in [0.2, 0.25) is 0 Å². The molecular weight excluding hydrogens is 165 g/mol. The molecule has 1 aromatic rings. The van der Waals surface area contributed by atoms with Crippen LogP contribution in [0.5, 0.6) is 0 Å². The molecule has 2 heteroatoms. The van der Waals surface area contributed by atoms with Gasteiger partial charge in [-0.3, -0.25) is 0 Å². The van der Waals surface area contributed by atoms with Gasteiger partial charge in [0.1, 0.15) is 5.82 Å². The van der Waals surface area contributed by atoms with E-state index in [-0.39, 0.29) is 11.7 Å². The molecule has 0 radical (unpaired) electrons. The average molecular weight is 177 g/mol. The number of nitrogen functional groups attached to an aromatic ring is 1. The Morgan fingerprint density at radius 2 is 2.08 bits per heavy atom. The molecule has 0 atom stereocenters. The SMILES string of the molecule is C#Cc1cc(F)cc(N)c1C(C)C. The topological polar surface area (TPSA) is 26.0 Å². The first-order valence-electron chi connectivity index (χ1n) is 4.11. The lowest BCUT2D eigenvalue weighted by molar-refractivity contribution is 0.626. The number of anilines is 1. The molecule has 1 rings (SSSR count). The normalized spacial score (nSPS) is 10.1. The van der Waals surface area contributed by atoms with Crippen molar-refractivity contribution in [3.8, 4) is 12.3 Å². The van der Waals surface area contributed by atoms with Crippen LogP contribution in [0.3, 0.4) is 0 Å². The van der Waals surface area contributed by atoms with Gasteiger partial charge in [-0.25, -0.2) is 4.39 Å². The molecule has 13 heavy (non-hydrogen) atoms. The second-order valence-corrected chi connectivity index (χ2v) is 3.26. The molecule has 0 aromatic heterocycles. The lowest BCUT2D eigenvalue weighted by Gasteiger charge is -2.11. The number of hydrogen-bond donors (Lipinski definition) is 1. The molecule has 0 bridgehead atoms. The van der Waals surface area contributed by atoms with Crippen LogP contribution in [0.15, 0.2) is 12.1 Å². The Kier molecular flexibility index (Phi) is 2.57. The molecule has 0 fully saturated rings. The van der Waals surface area contributed by atoms with E-state index < -0.39 is 0 Å². The maximum atomic E-state index is 12.9. The molecule has 0 unspecified atom stereocenters. The summed E-state index contributed by atoms with van der Waals surface area (Å²) in [6, 6.07) is 2.64. The molecule has 0 spiro atoms. The van der Waals surface area contributed by atoms with Crippen LogP contribution in [-0.2, 0) is 0 Å². The largest absolute Gasteiger partial charge is 0.398 e. The average Bonchev–Trinajstić information content (AvgIpc) is 2.01. The van der Waals surface area contributed by atoms with Crippen molar-refractivity contribution in [3.63, 3.8) is 0 Å². The van der Waals surface area contributed by atoms with Gasteiger partial charge in [-0.05, 0) is 23.6 Å². The molecule has 0 saturated carbocycles. The molecule has 1 aromatic carbocycles. The monoisotopic (exact) mass is 177 g/mol. The summed E-state index contributed by atoms with van der Waals surface area (Å²) < 4.78 is 12.9. The van der Waals surface area contributed by atoms with Crippen LogP contribution < -0.4 is 5.73 Å². The Balaban J connectivity index is 3.41. The molecule has 2 N–H and O–H groups in total. The fourth-order valence-corrected chi connectivity index (χ4v) is 1.40. The summed E-state index contributed by atoms with van der Waals surface area (Å²) in [5.74, 6) is 2.27. The fourth-order valence-electron chi connectivity index (χ4n) is 1.40. The van der Waals surface area contributed by atoms with Crippen molar-refractivity contribution in [1.29, 1.82) is 0 Å². The third-order valence-corrected chi connectivity index (χ3v) is 1.91. The van der Waals surface area contributed by atoms with Gasteiger partial charge in [0.15, 0.2) is 0 Å². The van der Waals surface area contributed by atoms with E-state index in [1.807, 2.05) is 13.8 Å². The van der Waals surface area contributed by atoms with Gasteiger partial charge < -0.3 is 5.73 Å². The van der Waals surface area contributed by atoms with Crippen LogP contribution in [-0.4, -0.2) is 0 Å². The van der Waals surface area contributed by atoms with E-state index in [4.69, 9.17) is 12.2 Å². The van der Waals surface area contributed by atoms with Crippen LogP contribution in [0, 0.1) is 18.2 Å². The van der Waals surface area contributed by atoms with Crippen molar-refractivity contribution >= 4 is 5.69 Å². The molecule has 68 valence electrons. The van der Waals surface area contributed by atoms with Crippen LogP contribution in [0.4, 0.5) is 10.1 Å². The smallest absolute Gasteiger partial charge is 0.126 e. The molecule has 0 amide bonds. The summed E-state index contributed by atoms with van der Waals surface area (Å²) in [5.41, 5.74) is 7.50. The minimum atomic E-state index is -0.380. The van der Waals surface area contributed by atoms with Crippen LogP contribution in [0.25, 0.3) is 0 Å². The number of nitrogens with two attached hydrogens (primary N) is 1. The first-order chi connectivity index (χ1) is 6.06. The Labute approximate surface area is 77.8 Å². The van der Waals surface area contributed by atoms with E-state index >= 15 is 0 Å². The minimum Gasteiger partial charge on any atom is -0.398 e. The summed E-state index contributed by atoms with van der Waals surface area (Å²) in [7, 11) is 0. The highest BCUT2D eigenvalue weighted by molar-refractivity contribution is 5.57. The summed E-state index contributed by atoms with van der Waals surface area (Å²) in [6.07, 6.45) is 5.25. The summed E-state index contributed by atoms with van der Waals surface area (Å²) in [5, 5.41) is 0. The summed E-state index contributed by atoms with van der Waals surface area (Å²) in [6.45, 7) is 3.95. The number of hydrogen-bond acceptors (Lipinski definition) is 1. The predicted octanol–water partition coefficient (Wildman–Crippen LogP) is 2.51. The van der Waals surface area contributed by atoms with Gasteiger partial charge in [-0.15, -0.1) is 6.42 Å². The molecule has 0 aliphatic carbocycles. The minimum absolute atomic E-state index is 0.214. The number of terminal acetylenes is 1. The maximum absolute atomic E-state index is 12.9. The van der Waals surface area contributed by atoms with E-state index in [1.165, 1.54) is 12.1 Å².